The van der Waals surface area contributed by atoms with Gasteiger partial charge in [0.1, 0.15) is 5.76 Å². The van der Waals surface area contributed by atoms with Crippen LogP contribution < -0.4 is 0 Å². The molecule has 1 aliphatic carbocycles. The van der Waals surface area contributed by atoms with Crippen molar-refractivity contribution in [3.8, 4) is 0 Å². The first-order valence-corrected chi connectivity index (χ1v) is 6.98. The van der Waals surface area contributed by atoms with Crippen molar-refractivity contribution in [2.75, 3.05) is 7.05 Å². The van der Waals surface area contributed by atoms with Crippen LogP contribution in [0.5, 0.6) is 0 Å². The molecule has 1 N–H and O–H groups in total. The molecule has 1 fully saturated rings. The third-order valence-corrected chi connectivity index (χ3v) is 5.84. The second kappa shape index (κ2) is 4.10. The number of furan rings is 1. The van der Waals surface area contributed by atoms with Crippen LogP contribution in [0.3, 0.4) is 0 Å². The highest BCUT2D eigenvalue weighted by Crippen LogP contribution is 2.44. The highest BCUT2D eigenvalue weighted by molar-refractivity contribution is 7.90. The van der Waals surface area contributed by atoms with Crippen molar-refractivity contribution in [2.45, 2.75) is 31.1 Å². The van der Waals surface area contributed by atoms with E-state index in [-0.39, 0.29) is 12.3 Å². The molecule has 1 heterocycles. The SMILES string of the molecule is CN(Cc1ccc(C(=O)O)o1)S(=O)(=O)C1(C)CC1. The summed E-state index contributed by atoms with van der Waals surface area (Å²) in [6.45, 7) is 1.76. The smallest absolute Gasteiger partial charge is 0.371 e. The van der Waals surface area contributed by atoms with Crippen molar-refractivity contribution in [3.63, 3.8) is 0 Å². The zero-order valence-corrected chi connectivity index (χ0v) is 11.0. The van der Waals surface area contributed by atoms with E-state index in [4.69, 9.17) is 9.52 Å². The van der Waals surface area contributed by atoms with Gasteiger partial charge in [0, 0.05) is 7.05 Å². The Bertz CT molecular complexity index is 570. The Kier molecular flexibility index (Phi) is 2.98. The van der Waals surface area contributed by atoms with Crippen LogP contribution >= 0.6 is 0 Å². The first-order chi connectivity index (χ1) is 8.26. The predicted octanol–water partition coefficient (Wildman–Crippen LogP) is 1.29. The van der Waals surface area contributed by atoms with Crippen LogP contribution in [0.25, 0.3) is 0 Å². The molecular formula is C11H15NO5S. The Hall–Kier alpha value is -1.34. The minimum Gasteiger partial charge on any atom is -0.475 e. The number of carboxylic acids is 1. The van der Waals surface area contributed by atoms with Crippen LogP contribution in [0.4, 0.5) is 0 Å². The van der Waals surface area contributed by atoms with Crippen LogP contribution in [0.15, 0.2) is 16.5 Å². The number of aromatic carboxylic acids is 1. The van der Waals surface area contributed by atoms with E-state index < -0.39 is 20.7 Å². The summed E-state index contributed by atoms with van der Waals surface area (Å²) in [7, 11) is -1.87. The molecule has 0 spiro atoms. The second-order valence-corrected chi connectivity index (χ2v) is 7.34. The molecular weight excluding hydrogens is 258 g/mol. The Morgan fingerprint density at radius 1 is 1.50 bits per heavy atom. The quantitative estimate of drug-likeness (QED) is 0.873. The molecule has 0 radical (unpaired) electrons. The summed E-state index contributed by atoms with van der Waals surface area (Å²) in [6, 6.07) is 2.79. The highest BCUT2D eigenvalue weighted by atomic mass is 32.2. The van der Waals surface area contributed by atoms with Crippen molar-refractivity contribution in [2.24, 2.45) is 0 Å². The third kappa shape index (κ3) is 2.15. The van der Waals surface area contributed by atoms with Gasteiger partial charge in [0.25, 0.3) is 0 Å². The number of hydrogen-bond donors (Lipinski definition) is 1. The van der Waals surface area contributed by atoms with Gasteiger partial charge in [0.05, 0.1) is 11.3 Å². The summed E-state index contributed by atoms with van der Waals surface area (Å²) < 4.78 is 29.8. The van der Waals surface area contributed by atoms with Gasteiger partial charge in [-0.1, -0.05) is 0 Å². The molecule has 2 rings (SSSR count). The van der Waals surface area contributed by atoms with Gasteiger partial charge < -0.3 is 9.52 Å². The molecule has 1 aliphatic rings. The van der Waals surface area contributed by atoms with Gasteiger partial charge >= 0.3 is 5.97 Å². The molecule has 0 amide bonds. The second-order valence-electron chi connectivity index (χ2n) is 4.78. The topological polar surface area (TPSA) is 87.8 Å². The van der Waals surface area contributed by atoms with Gasteiger partial charge in [0.15, 0.2) is 0 Å². The van der Waals surface area contributed by atoms with E-state index in [2.05, 4.69) is 0 Å². The Morgan fingerprint density at radius 2 is 2.11 bits per heavy atom. The first kappa shape index (κ1) is 13.1. The van der Waals surface area contributed by atoms with Gasteiger partial charge in [-0.15, -0.1) is 0 Å². The van der Waals surface area contributed by atoms with Gasteiger partial charge in [-0.25, -0.2) is 13.2 Å². The molecule has 18 heavy (non-hydrogen) atoms. The van der Waals surface area contributed by atoms with Crippen molar-refractivity contribution < 1.29 is 22.7 Å². The van der Waals surface area contributed by atoms with Gasteiger partial charge in [0.2, 0.25) is 15.8 Å². The number of sulfonamides is 1. The number of nitrogens with zero attached hydrogens (tertiary/aromatic N) is 1. The minimum absolute atomic E-state index is 0.0468. The Balaban J connectivity index is 2.11. The van der Waals surface area contributed by atoms with Crippen molar-refractivity contribution in [1.82, 2.24) is 4.31 Å². The van der Waals surface area contributed by atoms with E-state index in [0.29, 0.717) is 18.6 Å². The summed E-state index contributed by atoms with van der Waals surface area (Å²) >= 11 is 0. The number of carbonyl (C=O) groups is 1. The predicted molar refractivity (Wildman–Crippen MR) is 63.7 cm³/mol. The maximum absolute atomic E-state index is 12.1. The molecule has 1 aromatic heterocycles. The van der Waals surface area contributed by atoms with Crippen LogP contribution in [0.1, 0.15) is 36.1 Å². The van der Waals surface area contributed by atoms with E-state index in [1.165, 1.54) is 23.5 Å². The summed E-state index contributed by atoms with van der Waals surface area (Å²) in [6.07, 6.45) is 1.33. The van der Waals surface area contributed by atoms with Crippen molar-refractivity contribution in [3.05, 3.63) is 23.7 Å². The van der Waals surface area contributed by atoms with Gasteiger partial charge in [-0.05, 0) is 31.9 Å². The molecule has 0 aliphatic heterocycles. The lowest BCUT2D eigenvalue weighted by Gasteiger charge is -2.20. The van der Waals surface area contributed by atoms with Gasteiger partial charge in [-0.3, -0.25) is 0 Å². The standard InChI is InChI=1S/C11H15NO5S/c1-11(5-6-11)18(15,16)12(2)7-8-3-4-9(17-8)10(13)14/h3-4H,5-7H2,1-2H3,(H,13,14). The maximum Gasteiger partial charge on any atom is 0.371 e. The fourth-order valence-electron chi connectivity index (χ4n) is 1.69. The van der Waals surface area contributed by atoms with E-state index in [9.17, 15) is 13.2 Å². The zero-order chi connectivity index (χ0) is 13.6. The third-order valence-electron chi connectivity index (χ3n) is 3.24. The normalized spacial score (nSPS) is 17.9. The minimum atomic E-state index is -3.35. The maximum atomic E-state index is 12.1. The Labute approximate surface area is 105 Å². The average Bonchev–Trinajstić information content (AvgIpc) is 2.87. The van der Waals surface area contributed by atoms with Crippen LogP contribution in [-0.2, 0) is 16.6 Å². The molecule has 0 atom stereocenters. The molecule has 1 aromatic rings. The van der Waals surface area contributed by atoms with Crippen LogP contribution in [0, 0.1) is 0 Å². The van der Waals surface area contributed by atoms with E-state index >= 15 is 0 Å². The highest BCUT2D eigenvalue weighted by Gasteiger charge is 2.51. The monoisotopic (exact) mass is 273 g/mol. The van der Waals surface area contributed by atoms with Crippen LogP contribution in [-0.4, -0.2) is 35.6 Å². The van der Waals surface area contributed by atoms with Crippen molar-refractivity contribution >= 4 is 16.0 Å². The fraction of sp³-hybridized carbons (Fsp3) is 0.545. The summed E-state index contributed by atoms with van der Waals surface area (Å²) in [5.74, 6) is -1.03. The Morgan fingerprint density at radius 3 is 2.56 bits per heavy atom. The van der Waals surface area contributed by atoms with Crippen LogP contribution in [0.2, 0.25) is 0 Å². The summed E-state index contributed by atoms with van der Waals surface area (Å²) in [5, 5.41) is 8.71. The number of rotatable bonds is 5. The summed E-state index contributed by atoms with van der Waals surface area (Å²) in [5.41, 5.74) is 0. The fourth-order valence-corrected chi connectivity index (χ4v) is 3.36. The van der Waals surface area contributed by atoms with E-state index in [1.54, 1.807) is 6.92 Å². The molecule has 0 unspecified atom stereocenters. The molecule has 0 saturated heterocycles. The molecule has 7 heteroatoms. The average molecular weight is 273 g/mol. The summed E-state index contributed by atoms with van der Waals surface area (Å²) in [4.78, 5) is 10.6. The molecule has 1 saturated carbocycles. The number of hydrogen-bond acceptors (Lipinski definition) is 4. The molecule has 100 valence electrons. The number of carboxylic acid groups (broad SMARTS) is 1. The lowest BCUT2D eigenvalue weighted by Crippen LogP contribution is -2.35. The van der Waals surface area contributed by atoms with E-state index in [1.807, 2.05) is 0 Å². The lowest BCUT2D eigenvalue weighted by atomic mass is 10.4. The first-order valence-electron chi connectivity index (χ1n) is 5.54. The zero-order valence-electron chi connectivity index (χ0n) is 10.2. The molecule has 0 aromatic carbocycles. The lowest BCUT2D eigenvalue weighted by molar-refractivity contribution is 0.0659. The molecule has 0 bridgehead atoms. The van der Waals surface area contributed by atoms with Crippen molar-refractivity contribution in [1.29, 1.82) is 0 Å². The molecule has 6 nitrogen and oxygen atoms in total. The largest absolute Gasteiger partial charge is 0.475 e. The van der Waals surface area contributed by atoms with E-state index in [0.717, 1.165) is 0 Å². The van der Waals surface area contributed by atoms with Gasteiger partial charge in [-0.2, -0.15) is 4.31 Å².